The van der Waals surface area contributed by atoms with Gasteiger partial charge in [0.05, 0.1) is 17.4 Å². The molecule has 0 saturated carbocycles. The quantitative estimate of drug-likeness (QED) is 0.483. The number of anilines is 3. The number of hydrogen-bond acceptors (Lipinski definition) is 6. The molecule has 0 amide bonds. The molecule has 6 nitrogen and oxygen atoms in total. The van der Waals surface area contributed by atoms with Gasteiger partial charge in [0.1, 0.15) is 0 Å². The highest BCUT2D eigenvalue weighted by Gasteiger charge is 2.05. The van der Waals surface area contributed by atoms with E-state index in [0.717, 1.165) is 36.0 Å². The molecule has 0 spiro atoms. The number of aryl methyl sites for hydroxylation is 1. The first kappa shape index (κ1) is 16.9. The zero-order valence-electron chi connectivity index (χ0n) is 14.8. The van der Waals surface area contributed by atoms with Crippen LogP contribution >= 0.6 is 0 Å². The predicted octanol–water partition coefficient (Wildman–Crippen LogP) is 4.21. The standard InChI is InChI=1S/C21H20N6/c1-2-7-16(8-3-1)9-5-14-23-21-26-19(15-24-27-21)25-18-12-4-10-17-11-6-13-22-20(17)18/h1-4,6-8,10-13,15H,5,9,14H2,(H2,23,25,26,27). The van der Waals surface area contributed by atoms with Crippen molar-refractivity contribution in [3.63, 3.8) is 0 Å². The summed E-state index contributed by atoms with van der Waals surface area (Å²) < 4.78 is 0. The van der Waals surface area contributed by atoms with E-state index in [-0.39, 0.29) is 0 Å². The summed E-state index contributed by atoms with van der Waals surface area (Å²) >= 11 is 0. The van der Waals surface area contributed by atoms with Gasteiger partial charge < -0.3 is 10.6 Å². The molecule has 0 radical (unpaired) electrons. The third kappa shape index (κ3) is 4.36. The van der Waals surface area contributed by atoms with Crippen LogP contribution in [0.4, 0.5) is 17.5 Å². The van der Waals surface area contributed by atoms with Crippen LogP contribution in [0.3, 0.4) is 0 Å². The van der Waals surface area contributed by atoms with E-state index in [4.69, 9.17) is 0 Å². The Balaban J connectivity index is 1.39. The van der Waals surface area contributed by atoms with Gasteiger partial charge in [-0.05, 0) is 30.5 Å². The summed E-state index contributed by atoms with van der Waals surface area (Å²) in [6.07, 6.45) is 5.40. The van der Waals surface area contributed by atoms with Gasteiger partial charge in [0.25, 0.3) is 0 Å². The van der Waals surface area contributed by atoms with Gasteiger partial charge in [0, 0.05) is 18.1 Å². The summed E-state index contributed by atoms with van der Waals surface area (Å²) in [5, 5.41) is 15.7. The molecular formula is C21H20N6. The van der Waals surface area contributed by atoms with Crippen molar-refractivity contribution in [1.82, 2.24) is 20.2 Å². The van der Waals surface area contributed by atoms with Crippen LogP contribution in [0.5, 0.6) is 0 Å². The fourth-order valence-corrected chi connectivity index (χ4v) is 2.92. The molecule has 6 heteroatoms. The molecule has 0 saturated heterocycles. The van der Waals surface area contributed by atoms with Gasteiger partial charge >= 0.3 is 0 Å². The summed E-state index contributed by atoms with van der Waals surface area (Å²) in [5.41, 5.74) is 3.12. The molecule has 0 aliphatic rings. The Hall–Kier alpha value is -3.54. The van der Waals surface area contributed by atoms with Gasteiger partial charge in [-0.15, -0.1) is 5.10 Å². The van der Waals surface area contributed by atoms with Crippen molar-refractivity contribution in [3.8, 4) is 0 Å². The summed E-state index contributed by atoms with van der Waals surface area (Å²) in [5.74, 6) is 1.15. The summed E-state index contributed by atoms with van der Waals surface area (Å²) in [6, 6.07) is 20.4. The van der Waals surface area contributed by atoms with Crippen molar-refractivity contribution < 1.29 is 0 Å². The minimum absolute atomic E-state index is 0.515. The molecule has 0 aliphatic carbocycles. The van der Waals surface area contributed by atoms with E-state index >= 15 is 0 Å². The average molecular weight is 356 g/mol. The Bertz CT molecular complexity index is 1010. The average Bonchev–Trinajstić information content (AvgIpc) is 2.73. The Morgan fingerprint density at radius 1 is 0.889 bits per heavy atom. The Morgan fingerprint density at radius 3 is 2.70 bits per heavy atom. The van der Waals surface area contributed by atoms with E-state index in [1.807, 2.05) is 36.4 Å². The lowest BCUT2D eigenvalue weighted by Gasteiger charge is -2.09. The molecule has 0 bridgehead atoms. The van der Waals surface area contributed by atoms with Crippen LogP contribution in [0.1, 0.15) is 12.0 Å². The van der Waals surface area contributed by atoms with Gasteiger partial charge in [0.15, 0.2) is 5.82 Å². The van der Waals surface area contributed by atoms with E-state index in [9.17, 15) is 0 Å². The maximum Gasteiger partial charge on any atom is 0.244 e. The van der Waals surface area contributed by atoms with E-state index in [0.29, 0.717) is 11.8 Å². The molecule has 4 aromatic rings. The molecule has 2 heterocycles. The SMILES string of the molecule is c1ccc(CCCNc2nncc(Nc3cccc4cccnc34)n2)cc1. The van der Waals surface area contributed by atoms with Gasteiger partial charge in [0.2, 0.25) is 5.95 Å². The maximum absolute atomic E-state index is 4.50. The third-order valence-electron chi connectivity index (χ3n) is 4.22. The highest BCUT2D eigenvalue weighted by atomic mass is 15.3. The highest BCUT2D eigenvalue weighted by molar-refractivity contribution is 5.91. The lowest BCUT2D eigenvalue weighted by molar-refractivity contribution is 0.843. The van der Waals surface area contributed by atoms with Crippen LogP contribution in [0.2, 0.25) is 0 Å². The Morgan fingerprint density at radius 2 is 1.78 bits per heavy atom. The van der Waals surface area contributed by atoms with E-state index in [1.54, 1.807) is 12.4 Å². The number of rotatable bonds is 7. The van der Waals surface area contributed by atoms with Crippen LogP contribution in [0.15, 0.2) is 73.1 Å². The van der Waals surface area contributed by atoms with Gasteiger partial charge in [-0.25, -0.2) is 0 Å². The number of hydrogen-bond donors (Lipinski definition) is 2. The van der Waals surface area contributed by atoms with E-state index in [1.165, 1.54) is 5.56 Å². The molecular weight excluding hydrogens is 336 g/mol. The van der Waals surface area contributed by atoms with Crippen molar-refractivity contribution in [2.45, 2.75) is 12.8 Å². The zero-order chi connectivity index (χ0) is 18.3. The monoisotopic (exact) mass is 356 g/mol. The summed E-state index contributed by atoms with van der Waals surface area (Å²) in [7, 11) is 0. The number of pyridine rings is 1. The molecule has 0 atom stereocenters. The number of nitrogens with one attached hydrogen (secondary N) is 2. The van der Waals surface area contributed by atoms with Gasteiger partial charge in [-0.1, -0.05) is 48.5 Å². The lowest BCUT2D eigenvalue weighted by atomic mass is 10.1. The molecule has 0 fully saturated rings. The molecule has 27 heavy (non-hydrogen) atoms. The first-order valence-electron chi connectivity index (χ1n) is 8.97. The van der Waals surface area contributed by atoms with E-state index < -0.39 is 0 Å². The second-order valence-electron chi connectivity index (χ2n) is 6.19. The maximum atomic E-state index is 4.50. The van der Waals surface area contributed by atoms with Crippen LogP contribution in [0, 0.1) is 0 Å². The molecule has 4 rings (SSSR count). The number of para-hydroxylation sites is 1. The number of benzene rings is 2. The summed E-state index contributed by atoms with van der Waals surface area (Å²) in [6.45, 7) is 0.788. The first-order chi connectivity index (χ1) is 13.4. The second kappa shape index (κ2) is 8.23. The van der Waals surface area contributed by atoms with Crippen LogP contribution in [-0.4, -0.2) is 26.7 Å². The highest BCUT2D eigenvalue weighted by Crippen LogP contribution is 2.23. The normalized spacial score (nSPS) is 10.7. The lowest BCUT2D eigenvalue weighted by Crippen LogP contribution is -2.08. The van der Waals surface area contributed by atoms with Crippen LogP contribution in [-0.2, 0) is 6.42 Å². The second-order valence-corrected chi connectivity index (χ2v) is 6.19. The van der Waals surface area contributed by atoms with Gasteiger partial charge in [-0.3, -0.25) is 4.98 Å². The molecule has 2 N–H and O–H groups in total. The first-order valence-corrected chi connectivity index (χ1v) is 8.97. The van der Waals surface area contributed by atoms with Crippen LogP contribution in [0.25, 0.3) is 10.9 Å². The molecule has 2 aromatic heterocycles. The fraction of sp³-hybridized carbons (Fsp3) is 0.143. The molecule has 134 valence electrons. The topological polar surface area (TPSA) is 75.6 Å². The minimum Gasteiger partial charge on any atom is -0.353 e. The predicted molar refractivity (Wildman–Crippen MR) is 108 cm³/mol. The largest absolute Gasteiger partial charge is 0.353 e. The van der Waals surface area contributed by atoms with Crippen molar-refractivity contribution in [2.75, 3.05) is 17.2 Å². The van der Waals surface area contributed by atoms with E-state index in [2.05, 4.69) is 55.1 Å². The number of nitrogens with zero attached hydrogens (tertiary/aromatic N) is 4. The Labute approximate surface area is 157 Å². The van der Waals surface area contributed by atoms with Crippen molar-refractivity contribution in [1.29, 1.82) is 0 Å². The summed E-state index contributed by atoms with van der Waals surface area (Å²) in [4.78, 5) is 8.94. The smallest absolute Gasteiger partial charge is 0.244 e. The Kier molecular flexibility index (Phi) is 5.15. The number of aromatic nitrogens is 4. The fourth-order valence-electron chi connectivity index (χ4n) is 2.92. The van der Waals surface area contributed by atoms with Crippen molar-refractivity contribution >= 4 is 28.4 Å². The van der Waals surface area contributed by atoms with Crippen molar-refractivity contribution in [3.05, 3.63) is 78.6 Å². The molecule has 0 unspecified atom stereocenters. The number of fused-ring (bicyclic) bond motifs is 1. The van der Waals surface area contributed by atoms with Gasteiger partial charge in [-0.2, -0.15) is 10.1 Å². The zero-order valence-corrected chi connectivity index (χ0v) is 14.8. The molecule has 0 aliphatic heterocycles. The van der Waals surface area contributed by atoms with Crippen LogP contribution < -0.4 is 10.6 Å². The molecule has 2 aromatic carbocycles. The third-order valence-corrected chi connectivity index (χ3v) is 4.22. The minimum atomic E-state index is 0.515. The van der Waals surface area contributed by atoms with Crippen molar-refractivity contribution in [2.24, 2.45) is 0 Å².